The van der Waals surface area contributed by atoms with Gasteiger partial charge in [-0.15, -0.1) is 0 Å². The van der Waals surface area contributed by atoms with Crippen LogP contribution < -0.4 is 21.8 Å². The summed E-state index contributed by atoms with van der Waals surface area (Å²) in [6, 6.07) is 6.02. The number of carbonyl (C=O) groups excluding carboxylic acids is 2. The molecule has 1 fully saturated rings. The van der Waals surface area contributed by atoms with E-state index in [2.05, 4.69) is 19.9 Å². The Labute approximate surface area is 172 Å². The molecule has 0 spiro atoms. The highest BCUT2D eigenvalue weighted by molar-refractivity contribution is 7.11. The molecule has 0 atom stereocenters. The minimum absolute atomic E-state index is 0.140. The van der Waals surface area contributed by atoms with Gasteiger partial charge < -0.3 is 26.5 Å². The zero-order valence-electron chi connectivity index (χ0n) is 15.8. The molecule has 2 aromatic rings. The van der Waals surface area contributed by atoms with Gasteiger partial charge in [0, 0.05) is 30.9 Å². The Hall–Kier alpha value is -2.73. The maximum absolute atomic E-state index is 12.2. The van der Waals surface area contributed by atoms with Crippen molar-refractivity contribution in [3.63, 3.8) is 0 Å². The number of ether oxygens (including phenoxy) is 1. The molecule has 0 saturated carbocycles. The van der Waals surface area contributed by atoms with Crippen LogP contribution in [0.2, 0.25) is 0 Å². The summed E-state index contributed by atoms with van der Waals surface area (Å²) < 4.78 is 9.56. The number of nitrogens with one attached hydrogen (secondary N) is 3. The molecule has 1 aliphatic rings. The number of hydrogen-bond donors (Lipinski definition) is 4. The van der Waals surface area contributed by atoms with Crippen LogP contribution >= 0.6 is 11.5 Å². The number of aromatic nitrogens is 1. The summed E-state index contributed by atoms with van der Waals surface area (Å²) in [6.45, 7) is 4.69. The van der Waals surface area contributed by atoms with Gasteiger partial charge in [-0.25, -0.2) is 4.79 Å². The van der Waals surface area contributed by atoms with Crippen molar-refractivity contribution in [3.05, 3.63) is 35.0 Å². The highest BCUT2D eigenvalue weighted by atomic mass is 32.1. The molecule has 3 rings (SSSR count). The third-order valence-corrected chi connectivity index (χ3v) is 5.24. The van der Waals surface area contributed by atoms with Crippen molar-refractivity contribution in [2.75, 3.05) is 50.2 Å². The molecule has 11 heteroatoms. The first-order valence-corrected chi connectivity index (χ1v) is 9.99. The second-order valence-electron chi connectivity index (χ2n) is 6.47. The molecule has 29 heavy (non-hydrogen) atoms. The summed E-state index contributed by atoms with van der Waals surface area (Å²) in [7, 11) is 0. The van der Waals surface area contributed by atoms with Crippen LogP contribution in [0.1, 0.15) is 16.8 Å². The first-order chi connectivity index (χ1) is 14.1. The Morgan fingerprint density at radius 2 is 1.97 bits per heavy atom. The van der Waals surface area contributed by atoms with E-state index in [1.807, 2.05) is 0 Å². The third-order valence-electron chi connectivity index (χ3n) is 4.48. The van der Waals surface area contributed by atoms with Crippen LogP contribution in [0.4, 0.5) is 15.5 Å². The van der Waals surface area contributed by atoms with E-state index in [0.29, 0.717) is 23.5 Å². The first-order valence-electron chi connectivity index (χ1n) is 9.21. The molecule has 2 heterocycles. The molecular formula is C18H23N6O4S-. The molecule has 10 nitrogen and oxygen atoms in total. The van der Waals surface area contributed by atoms with E-state index in [1.165, 1.54) is 0 Å². The SMILES string of the molecule is NC(=O)c1c(-c2ccc(N[O-])cc2)nsc1NC(=O)NCCCN1CCOCC1. The highest BCUT2D eigenvalue weighted by Gasteiger charge is 2.21. The zero-order valence-corrected chi connectivity index (χ0v) is 16.6. The van der Waals surface area contributed by atoms with Gasteiger partial charge in [0.15, 0.2) is 0 Å². The Bertz CT molecular complexity index is 835. The van der Waals surface area contributed by atoms with Crippen molar-refractivity contribution in [1.82, 2.24) is 14.6 Å². The highest BCUT2D eigenvalue weighted by Crippen LogP contribution is 2.32. The number of hydrogen-bond acceptors (Lipinski definition) is 8. The minimum Gasteiger partial charge on any atom is -0.761 e. The fourth-order valence-electron chi connectivity index (χ4n) is 2.97. The quantitative estimate of drug-likeness (QED) is 0.376. The van der Waals surface area contributed by atoms with Gasteiger partial charge in [0.25, 0.3) is 5.91 Å². The molecule has 0 aliphatic carbocycles. The number of morpholine rings is 1. The van der Waals surface area contributed by atoms with Crippen LogP contribution in [0, 0.1) is 5.21 Å². The lowest BCUT2D eigenvalue weighted by atomic mass is 10.1. The Kier molecular flexibility index (Phi) is 7.36. The van der Waals surface area contributed by atoms with E-state index in [1.54, 1.807) is 29.7 Å². The van der Waals surface area contributed by atoms with E-state index in [9.17, 15) is 14.8 Å². The number of nitrogens with two attached hydrogens (primary N) is 1. The van der Waals surface area contributed by atoms with Crippen molar-refractivity contribution in [1.29, 1.82) is 0 Å². The number of anilines is 2. The second kappa shape index (κ2) is 10.2. The monoisotopic (exact) mass is 419 g/mol. The number of carbonyl (C=O) groups is 2. The lowest BCUT2D eigenvalue weighted by Crippen LogP contribution is -2.38. The van der Waals surface area contributed by atoms with Crippen molar-refractivity contribution in [2.24, 2.45) is 5.73 Å². The fraction of sp³-hybridized carbons (Fsp3) is 0.389. The average molecular weight is 419 g/mol. The Morgan fingerprint density at radius 3 is 2.62 bits per heavy atom. The predicted molar refractivity (Wildman–Crippen MR) is 112 cm³/mol. The summed E-state index contributed by atoms with van der Waals surface area (Å²) in [5, 5.41) is 16.4. The number of rotatable bonds is 8. The summed E-state index contributed by atoms with van der Waals surface area (Å²) in [4.78, 5) is 26.4. The maximum atomic E-state index is 12.2. The summed E-state index contributed by atoms with van der Waals surface area (Å²) >= 11 is 0.977. The molecule has 5 N–H and O–H groups in total. The van der Waals surface area contributed by atoms with Crippen molar-refractivity contribution in [2.45, 2.75) is 6.42 Å². The molecule has 1 aromatic heterocycles. The molecule has 1 aromatic carbocycles. The number of nitrogens with zero attached hydrogens (tertiary/aromatic N) is 2. The topological polar surface area (TPSA) is 145 Å². The van der Waals surface area contributed by atoms with Crippen LogP contribution in [-0.4, -0.2) is 60.6 Å². The number of amides is 3. The van der Waals surface area contributed by atoms with E-state index in [4.69, 9.17) is 10.5 Å². The zero-order chi connectivity index (χ0) is 20.6. The van der Waals surface area contributed by atoms with Crippen LogP contribution in [-0.2, 0) is 4.74 Å². The van der Waals surface area contributed by atoms with Gasteiger partial charge in [0.05, 0.1) is 18.9 Å². The van der Waals surface area contributed by atoms with Gasteiger partial charge >= 0.3 is 6.03 Å². The minimum atomic E-state index is -0.692. The number of primary amides is 1. The third kappa shape index (κ3) is 5.64. The number of urea groups is 1. The average Bonchev–Trinajstić information content (AvgIpc) is 3.16. The van der Waals surface area contributed by atoms with Gasteiger partial charge in [-0.2, -0.15) is 4.37 Å². The van der Waals surface area contributed by atoms with E-state index >= 15 is 0 Å². The molecule has 1 aliphatic heterocycles. The van der Waals surface area contributed by atoms with Crippen LogP contribution in [0.3, 0.4) is 0 Å². The van der Waals surface area contributed by atoms with Crippen molar-refractivity contribution >= 4 is 34.2 Å². The van der Waals surface area contributed by atoms with E-state index in [0.717, 1.165) is 50.8 Å². The van der Waals surface area contributed by atoms with Gasteiger partial charge in [0.1, 0.15) is 10.6 Å². The standard InChI is InChI=1S/C18H23N6O4S/c19-16(25)14-15(12-2-4-13(22-27)5-3-12)23-29-17(14)21-18(26)20-6-1-7-24-8-10-28-11-9-24/h2-5,22H,1,6-11H2,(H2,19,25)(H2,20,21,26)/q-1. The molecule has 3 amide bonds. The van der Waals surface area contributed by atoms with Crippen LogP contribution in [0.25, 0.3) is 11.3 Å². The van der Waals surface area contributed by atoms with Crippen LogP contribution in [0.15, 0.2) is 24.3 Å². The molecule has 1 saturated heterocycles. The molecule has 0 radical (unpaired) electrons. The lowest BCUT2D eigenvalue weighted by Gasteiger charge is -2.26. The first kappa shape index (κ1) is 21.0. The number of benzene rings is 1. The Balaban J connectivity index is 1.57. The van der Waals surface area contributed by atoms with Crippen molar-refractivity contribution < 1.29 is 14.3 Å². The van der Waals surface area contributed by atoms with Gasteiger partial charge in [0.2, 0.25) is 0 Å². The Morgan fingerprint density at radius 1 is 1.24 bits per heavy atom. The van der Waals surface area contributed by atoms with Gasteiger partial charge in [-0.1, -0.05) is 12.1 Å². The normalized spacial score (nSPS) is 14.4. The van der Waals surface area contributed by atoms with Gasteiger partial charge in [-0.05, 0) is 36.6 Å². The lowest BCUT2D eigenvalue weighted by molar-refractivity contribution is 0.0375. The predicted octanol–water partition coefficient (Wildman–Crippen LogP) is 1.66. The van der Waals surface area contributed by atoms with Crippen molar-refractivity contribution in [3.8, 4) is 11.3 Å². The molecule has 0 unspecified atom stereocenters. The van der Waals surface area contributed by atoms with E-state index in [-0.39, 0.29) is 10.6 Å². The molecule has 156 valence electrons. The summed E-state index contributed by atoms with van der Waals surface area (Å²) in [5.74, 6) is -0.692. The maximum Gasteiger partial charge on any atom is 0.319 e. The van der Waals surface area contributed by atoms with Gasteiger partial charge in [-0.3, -0.25) is 15.0 Å². The second-order valence-corrected chi connectivity index (χ2v) is 7.24. The smallest absolute Gasteiger partial charge is 0.319 e. The summed E-state index contributed by atoms with van der Waals surface area (Å²) in [5.41, 5.74) is 8.81. The van der Waals surface area contributed by atoms with E-state index < -0.39 is 11.9 Å². The largest absolute Gasteiger partial charge is 0.761 e. The fourth-order valence-corrected chi connectivity index (χ4v) is 3.78. The molecule has 0 bridgehead atoms. The summed E-state index contributed by atoms with van der Waals surface area (Å²) in [6.07, 6.45) is 0.810. The molecular weight excluding hydrogens is 396 g/mol. The van der Waals surface area contributed by atoms with Crippen LogP contribution in [0.5, 0.6) is 0 Å².